The second-order valence-electron chi connectivity index (χ2n) is 5.43. The Morgan fingerprint density at radius 2 is 2.07 bits per heavy atom. The van der Waals surface area contributed by atoms with Gasteiger partial charge in [-0.2, -0.15) is 5.10 Å². The number of aromatic amines is 1. The first-order valence-corrected chi connectivity index (χ1v) is 8.43. The lowest BCUT2D eigenvalue weighted by atomic mass is 10.1. The van der Waals surface area contributed by atoms with Crippen molar-refractivity contribution in [1.29, 1.82) is 0 Å². The highest BCUT2D eigenvalue weighted by molar-refractivity contribution is 6.09. The van der Waals surface area contributed by atoms with Gasteiger partial charge in [0.1, 0.15) is 11.6 Å². The summed E-state index contributed by atoms with van der Waals surface area (Å²) in [4.78, 5) is 35.2. The van der Waals surface area contributed by atoms with Crippen LogP contribution in [-0.4, -0.2) is 41.3 Å². The van der Waals surface area contributed by atoms with E-state index in [0.717, 1.165) is 27.9 Å². The fraction of sp³-hybridized carbons (Fsp3) is 0.211. The number of nitrogens with zero attached hydrogens (tertiary/aromatic N) is 3. The Hall–Kier alpha value is -3.48. The fourth-order valence-electron chi connectivity index (χ4n) is 2.64. The zero-order valence-electron chi connectivity index (χ0n) is 14.9. The third-order valence-electron chi connectivity index (χ3n) is 3.74. The lowest BCUT2D eigenvalue weighted by Gasteiger charge is -2.16. The number of esters is 1. The second kappa shape index (κ2) is 8.27. The number of hydrogen-bond donors (Lipinski definition) is 1. The van der Waals surface area contributed by atoms with Crippen LogP contribution in [0.15, 0.2) is 41.6 Å². The van der Waals surface area contributed by atoms with Gasteiger partial charge in [0.25, 0.3) is 0 Å². The van der Waals surface area contributed by atoms with Gasteiger partial charge in [-0.25, -0.2) is 14.6 Å². The van der Waals surface area contributed by atoms with Crippen LogP contribution in [0.1, 0.15) is 24.3 Å². The average molecular weight is 366 g/mol. The van der Waals surface area contributed by atoms with Gasteiger partial charge in [-0.1, -0.05) is 0 Å². The van der Waals surface area contributed by atoms with E-state index in [1.807, 2.05) is 25.1 Å². The van der Waals surface area contributed by atoms with Crippen molar-refractivity contribution < 1.29 is 19.2 Å². The highest BCUT2D eigenvalue weighted by Crippen LogP contribution is 2.29. The van der Waals surface area contributed by atoms with Crippen LogP contribution in [-0.2, 0) is 14.4 Å². The molecule has 0 bridgehead atoms. The van der Waals surface area contributed by atoms with Crippen molar-refractivity contribution in [2.24, 2.45) is 5.10 Å². The summed E-state index contributed by atoms with van der Waals surface area (Å²) >= 11 is 0. The monoisotopic (exact) mass is 366 g/mol. The van der Waals surface area contributed by atoms with Crippen molar-refractivity contribution in [3.05, 3.63) is 42.2 Å². The van der Waals surface area contributed by atoms with Crippen LogP contribution in [0.3, 0.4) is 0 Å². The van der Waals surface area contributed by atoms with Crippen molar-refractivity contribution in [2.45, 2.75) is 13.8 Å². The minimum absolute atomic E-state index is 0.242. The van der Waals surface area contributed by atoms with Gasteiger partial charge < -0.3 is 9.72 Å². The standard InChI is InChI=1S/C19H18N4O4/c1-3-26-19(25)17-11-15-14-10-13(23(27-4-2)21-8-5-9-24)6-7-16(14)22-18(15)12-20-17/h5-8,10-12,22H,3-4H2,1-2H3. The second-order valence-corrected chi connectivity index (χ2v) is 5.43. The predicted octanol–water partition coefficient (Wildman–Crippen LogP) is 3.02. The molecule has 0 radical (unpaired) electrons. The molecule has 27 heavy (non-hydrogen) atoms. The summed E-state index contributed by atoms with van der Waals surface area (Å²) < 4.78 is 5.02. The lowest BCUT2D eigenvalue weighted by molar-refractivity contribution is 0.0519. The molecular weight excluding hydrogens is 348 g/mol. The Bertz CT molecular complexity index is 1050. The molecule has 0 saturated heterocycles. The molecule has 3 rings (SSSR count). The molecule has 1 N–H and O–H groups in total. The summed E-state index contributed by atoms with van der Waals surface area (Å²) in [6.07, 6.45) is 4.05. The third-order valence-corrected chi connectivity index (χ3v) is 3.74. The molecule has 2 heterocycles. The molecule has 0 saturated carbocycles. The minimum atomic E-state index is -0.467. The molecular formula is C19H18N4O4. The summed E-state index contributed by atoms with van der Waals surface area (Å²) in [7, 11) is 0. The van der Waals surface area contributed by atoms with Gasteiger partial charge in [0, 0.05) is 22.4 Å². The van der Waals surface area contributed by atoms with Crippen LogP contribution < -0.4 is 5.17 Å². The van der Waals surface area contributed by atoms with Gasteiger partial charge in [-0.15, -0.1) is 5.17 Å². The number of allylic oxidation sites excluding steroid dienone is 1. The SMILES string of the molecule is CCOC(=O)c1cc2c(cn1)[nH]c1ccc(N(N=CC=C=O)OCC)cc12. The van der Waals surface area contributed by atoms with Gasteiger partial charge in [0.2, 0.25) is 0 Å². The number of benzene rings is 1. The van der Waals surface area contributed by atoms with Crippen LogP contribution in [0.25, 0.3) is 21.8 Å². The van der Waals surface area contributed by atoms with Crippen LogP contribution in [0.4, 0.5) is 5.69 Å². The van der Waals surface area contributed by atoms with E-state index in [1.54, 1.807) is 25.1 Å². The van der Waals surface area contributed by atoms with Gasteiger partial charge in [-0.3, -0.25) is 4.84 Å². The number of anilines is 1. The van der Waals surface area contributed by atoms with E-state index in [2.05, 4.69) is 15.1 Å². The number of hydrogen-bond acceptors (Lipinski definition) is 7. The molecule has 2 aromatic heterocycles. The maximum Gasteiger partial charge on any atom is 0.356 e. The number of fused-ring (bicyclic) bond motifs is 3. The van der Waals surface area contributed by atoms with Crippen molar-refractivity contribution in [1.82, 2.24) is 9.97 Å². The first-order chi connectivity index (χ1) is 13.2. The lowest BCUT2D eigenvalue weighted by Crippen LogP contribution is -2.16. The molecule has 0 amide bonds. The van der Waals surface area contributed by atoms with E-state index < -0.39 is 5.97 Å². The smallest absolute Gasteiger partial charge is 0.356 e. The molecule has 0 atom stereocenters. The third kappa shape index (κ3) is 3.87. The van der Waals surface area contributed by atoms with Crippen LogP contribution in [0.5, 0.6) is 0 Å². The molecule has 0 unspecified atom stereocenters. The van der Waals surface area contributed by atoms with E-state index in [9.17, 15) is 9.59 Å². The summed E-state index contributed by atoms with van der Waals surface area (Å²) in [6.45, 7) is 4.26. The number of pyridine rings is 1. The summed E-state index contributed by atoms with van der Waals surface area (Å²) in [5.74, 6) is 1.16. The molecule has 3 aromatic rings. The van der Waals surface area contributed by atoms with Crippen molar-refractivity contribution >= 4 is 45.6 Å². The number of nitrogens with one attached hydrogen (secondary N) is 1. The number of carbonyl (C=O) groups excluding carboxylic acids is 2. The fourth-order valence-corrected chi connectivity index (χ4v) is 2.64. The number of hydrazone groups is 1. The van der Waals surface area contributed by atoms with Crippen LogP contribution >= 0.6 is 0 Å². The predicted molar refractivity (Wildman–Crippen MR) is 102 cm³/mol. The van der Waals surface area contributed by atoms with Crippen molar-refractivity contribution in [3.63, 3.8) is 0 Å². The van der Waals surface area contributed by atoms with Crippen molar-refractivity contribution in [3.8, 4) is 0 Å². The number of carbonyl (C=O) groups is 1. The Balaban J connectivity index is 2.08. The van der Waals surface area contributed by atoms with Gasteiger partial charge in [0.15, 0.2) is 0 Å². The molecule has 0 fully saturated rings. The van der Waals surface area contributed by atoms with Gasteiger partial charge >= 0.3 is 5.97 Å². The van der Waals surface area contributed by atoms with Gasteiger partial charge in [-0.05, 0) is 38.1 Å². The largest absolute Gasteiger partial charge is 0.461 e. The Kier molecular flexibility index (Phi) is 5.61. The molecule has 138 valence electrons. The normalized spacial score (nSPS) is 11.0. The van der Waals surface area contributed by atoms with E-state index in [1.165, 1.54) is 11.4 Å². The maximum absolute atomic E-state index is 12.0. The summed E-state index contributed by atoms with van der Waals surface area (Å²) in [5.41, 5.74) is 2.58. The molecule has 0 aliphatic carbocycles. The number of rotatable bonds is 7. The van der Waals surface area contributed by atoms with Crippen LogP contribution in [0.2, 0.25) is 0 Å². The number of H-pyrrole nitrogens is 1. The topological polar surface area (TPSA) is 96.9 Å². The Morgan fingerprint density at radius 1 is 1.26 bits per heavy atom. The molecule has 0 aliphatic rings. The van der Waals surface area contributed by atoms with Gasteiger partial charge in [0.05, 0.1) is 36.8 Å². The summed E-state index contributed by atoms with van der Waals surface area (Å²) in [5, 5.41) is 7.11. The first kappa shape index (κ1) is 18.3. The quantitative estimate of drug-likeness (QED) is 0.299. The molecule has 8 nitrogen and oxygen atoms in total. The highest BCUT2D eigenvalue weighted by Gasteiger charge is 2.14. The Morgan fingerprint density at radius 3 is 2.81 bits per heavy atom. The molecule has 8 heteroatoms. The molecule has 0 aliphatic heterocycles. The molecule has 1 aromatic carbocycles. The summed E-state index contributed by atoms with van der Waals surface area (Å²) in [6, 6.07) is 7.28. The van der Waals surface area contributed by atoms with E-state index in [-0.39, 0.29) is 12.3 Å². The zero-order valence-corrected chi connectivity index (χ0v) is 14.9. The Labute approximate surface area is 155 Å². The number of aromatic nitrogens is 2. The van der Waals surface area contributed by atoms with E-state index >= 15 is 0 Å². The van der Waals surface area contributed by atoms with E-state index in [0.29, 0.717) is 12.3 Å². The maximum atomic E-state index is 12.0. The zero-order chi connectivity index (χ0) is 19.2. The highest BCUT2D eigenvalue weighted by atomic mass is 16.7. The van der Waals surface area contributed by atoms with E-state index in [4.69, 9.17) is 9.57 Å². The molecule has 0 spiro atoms. The number of ether oxygens (including phenoxy) is 1. The first-order valence-electron chi connectivity index (χ1n) is 8.43. The van der Waals surface area contributed by atoms with Crippen molar-refractivity contribution in [2.75, 3.05) is 18.4 Å². The minimum Gasteiger partial charge on any atom is -0.461 e. The average Bonchev–Trinajstić information content (AvgIpc) is 3.04. The van der Waals surface area contributed by atoms with Crippen LogP contribution in [0, 0.1) is 0 Å².